The number of aryl methyl sites for hydroxylation is 5. The van der Waals surface area contributed by atoms with Crippen LogP contribution >= 0.6 is 0 Å². The highest BCUT2D eigenvalue weighted by Gasteiger charge is 2.17. The number of hydrogen-bond donors (Lipinski definition) is 0. The monoisotopic (exact) mass is 650 g/mol. The molecule has 7 rings (SSSR count). The first kappa shape index (κ1) is 34.0. The van der Waals surface area contributed by atoms with Crippen molar-refractivity contribution in [3.05, 3.63) is 215 Å². The molecule has 0 unspecified atom stereocenters. The van der Waals surface area contributed by atoms with Gasteiger partial charge in [-0.3, -0.25) is 0 Å². The summed E-state index contributed by atoms with van der Waals surface area (Å²) >= 11 is 0. The minimum Gasteiger partial charge on any atom is -0.310 e. The summed E-state index contributed by atoms with van der Waals surface area (Å²) in [4.78, 5) is 4.74. The summed E-state index contributed by atoms with van der Waals surface area (Å²) in [6.45, 7) is 10.8. The van der Waals surface area contributed by atoms with Crippen LogP contribution in [0.4, 0.5) is 34.1 Å². The van der Waals surface area contributed by atoms with Crippen LogP contribution in [-0.2, 0) is 6.42 Å². The molecule has 2 nitrogen and oxygen atoms in total. The van der Waals surface area contributed by atoms with Gasteiger partial charge in [0.05, 0.1) is 0 Å². The fourth-order valence-electron chi connectivity index (χ4n) is 6.37. The minimum atomic E-state index is 0.879. The predicted octanol–water partition coefficient (Wildman–Crippen LogP) is 13.4. The minimum absolute atomic E-state index is 0.879. The Morgan fingerprint density at radius 1 is 0.300 bits per heavy atom. The smallest absolute Gasteiger partial charge is 0.0490 e. The molecule has 2 heteroatoms. The Kier molecular flexibility index (Phi) is 10.9. The predicted molar refractivity (Wildman–Crippen MR) is 215 cm³/mol. The zero-order valence-corrected chi connectivity index (χ0v) is 29.8. The fraction of sp³-hybridized carbons (Fsp3) is 0.125. The summed E-state index contributed by atoms with van der Waals surface area (Å²) in [6.07, 6.45) is 0.879. The number of anilines is 6. The van der Waals surface area contributed by atoms with Crippen LogP contribution in [0.3, 0.4) is 0 Å². The molecule has 7 aromatic carbocycles. The van der Waals surface area contributed by atoms with Crippen molar-refractivity contribution in [3.8, 4) is 0 Å². The maximum atomic E-state index is 2.37. The molecule has 0 saturated heterocycles. The molecule has 0 aromatic heterocycles. The van der Waals surface area contributed by atoms with Crippen LogP contribution in [-0.4, -0.2) is 0 Å². The van der Waals surface area contributed by atoms with Gasteiger partial charge < -0.3 is 9.80 Å². The molecule has 0 radical (unpaired) electrons. The van der Waals surface area contributed by atoms with Crippen LogP contribution in [0.25, 0.3) is 0 Å². The fourth-order valence-corrected chi connectivity index (χ4v) is 6.37. The van der Waals surface area contributed by atoms with Crippen molar-refractivity contribution in [2.75, 3.05) is 9.80 Å². The van der Waals surface area contributed by atoms with Gasteiger partial charge in [0.1, 0.15) is 0 Å². The van der Waals surface area contributed by atoms with Crippen molar-refractivity contribution in [1.29, 1.82) is 0 Å². The van der Waals surface area contributed by atoms with Crippen LogP contribution < -0.4 is 9.80 Å². The highest BCUT2D eigenvalue weighted by atomic mass is 15.2. The van der Waals surface area contributed by atoms with E-state index >= 15 is 0 Å². The normalized spacial score (nSPS) is 10.6. The van der Waals surface area contributed by atoms with Gasteiger partial charge in [0.15, 0.2) is 0 Å². The van der Waals surface area contributed by atoms with Crippen molar-refractivity contribution >= 4 is 34.1 Å². The van der Waals surface area contributed by atoms with E-state index in [1.54, 1.807) is 0 Å². The van der Waals surface area contributed by atoms with E-state index in [0.29, 0.717) is 0 Å². The van der Waals surface area contributed by atoms with E-state index in [-0.39, 0.29) is 0 Å². The topological polar surface area (TPSA) is 6.48 Å². The zero-order chi connectivity index (χ0) is 34.9. The van der Waals surface area contributed by atoms with E-state index < -0.39 is 0 Å². The highest BCUT2D eigenvalue weighted by Crippen LogP contribution is 2.39. The quantitative estimate of drug-likeness (QED) is 0.161. The molecule has 0 N–H and O–H groups in total. The second-order valence-electron chi connectivity index (χ2n) is 13.0. The maximum absolute atomic E-state index is 2.37. The summed E-state index contributed by atoms with van der Waals surface area (Å²) in [5.41, 5.74) is 16.0. The van der Waals surface area contributed by atoms with E-state index in [0.717, 1.165) is 17.8 Å². The molecule has 0 bridgehead atoms. The first-order valence-electron chi connectivity index (χ1n) is 17.4. The van der Waals surface area contributed by atoms with Crippen LogP contribution in [0.5, 0.6) is 0 Å². The molecule has 0 spiro atoms. The van der Waals surface area contributed by atoms with Crippen LogP contribution in [0.1, 0.15) is 38.9 Å². The molecule has 0 aliphatic rings. The molecule has 0 heterocycles. The lowest BCUT2D eigenvalue weighted by Gasteiger charge is -2.28. The largest absolute Gasteiger partial charge is 0.310 e. The van der Waals surface area contributed by atoms with Gasteiger partial charge in [-0.1, -0.05) is 133 Å². The Balaban J connectivity index is 0.000000552. The number of nitrogens with zero attached hydrogens (tertiary/aromatic N) is 2. The Morgan fingerprint density at radius 3 is 0.840 bits per heavy atom. The van der Waals surface area contributed by atoms with Gasteiger partial charge >= 0.3 is 0 Å². The third-order valence-electron chi connectivity index (χ3n) is 9.16. The van der Waals surface area contributed by atoms with Crippen molar-refractivity contribution in [2.45, 2.75) is 41.0 Å². The number of hydrogen-bond acceptors (Lipinski definition) is 2. The zero-order valence-electron chi connectivity index (χ0n) is 29.8. The van der Waals surface area contributed by atoms with Crippen molar-refractivity contribution in [3.63, 3.8) is 0 Å². The molecule has 0 fully saturated rings. The van der Waals surface area contributed by atoms with E-state index in [1.165, 1.54) is 61.7 Å². The molecular formula is C48H46N2. The molecule has 0 atom stereocenters. The van der Waals surface area contributed by atoms with Gasteiger partial charge in [-0.25, -0.2) is 0 Å². The molecule has 248 valence electrons. The van der Waals surface area contributed by atoms with Gasteiger partial charge in [-0.2, -0.15) is 0 Å². The lowest BCUT2D eigenvalue weighted by atomic mass is 10.0. The molecule has 0 aliphatic carbocycles. The summed E-state index contributed by atoms with van der Waals surface area (Å²) < 4.78 is 0. The third-order valence-corrected chi connectivity index (χ3v) is 9.16. The van der Waals surface area contributed by atoms with Crippen molar-refractivity contribution in [2.24, 2.45) is 0 Å². The molecular weight excluding hydrogens is 605 g/mol. The van der Waals surface area contributed by atoms with E-state index in [1.807, 2.05) is 18.2 Å². The van der Waals surface area contributed by atoms with E-state index in [9.17, 15) is 0 Å². The van der Waals surface area contributed by atoms with Gasteiger partial charge in [-0.15, -0.1) is 0 Å². The number of benzene rings is 7. The second kappa shape index (κ2) is 16.0. The standard InChI is InChI=1S/C41H38N2.C7H8/c1-30-13-5-9-17-38(30)42(39-18-10-6-14-31(39)2)36-25-21-34(22-26-36)29-35-23-27-37(28-24-35)43(40-19-11-7-15-32(40)3)41-20-12-8-16-33(41)4;1-7-5-3-2-4-6-7/h5-28H,29H2,1-4H3;2-6H,1H3. The van der Waals surface area contributed by atoms with E-state index in [4.69, 9.17) is 0 Å². The van der Waals surface area contributed by atoms with Gasteiger partial charge in [0.25, 0.3) is 0 Å². The highest BCUT2D eigenvalue weighted by molar-refractivity contribution is 5.81. The lowest BCUT2D eigenvalue weighted by molar-refractivity contribution is 1.17. The number of rotatable bonds is 8. The van der Waals surface area contributed by atoms with E-state index in [2.05, 4.69) is 202 Å². The molecule has 7 aromatic rings. The molecule has 50 heavy (non-hydrogen) atoms. The SMILES string of the molecule is Cc1ccccc1.Cc1ccccc1N(c1ccc(Cc2ccc(N(c3ccccc3C)c3ccccc3C)cc2)cc1)c1ccccc1C. The molecule has 0 aliphatic heterocycles. The first-order chi connectivity index (χ1) is 24.4. The third kappa shape index (κ3) is 8.05. The molecule has 0 saturated carbocycles. The Labute approximate surface area is 298 Å². The van der Waals surface area contributed by atoms with Gasteiger partial charge in [0, 0.05) is 34.1 Å². The van der Waals surface area contributed by atoms with Gasteiger partial charge in [0.2, 0.25) is 0 Å². The summed E-state index contributed by atoms with van der Waals surface area (Å²) in [5, 5.41) is 0. The summed E-state index contributed by atoms with van der Waals surface area (Å²) in [5.74, 6) is 0. The van der Waals surface area contributed by atoms with Crippen LogP contribution in [0.2, 0.25) is 0 Å². The average molecular weight is 651 g/mol. The first-order valence-corrected chi connectivity index (χ1v) is 17.4. The van der Waals surface area contributed by atoms with Crippen molar-refractivity contribution < 1.29 is 0 Å². The Morgan fingerprint density at radius 2 is 0.580 bits per heavy atom. The summed E-state index contributed by atoms with van der Waals surface area (Å²) in [6, 6.07) is 62.7. The maximum Gasteiger partial charge on any atom is 0.0490 e. The second-order valence-corrected chi connectivity index (χ2v) is 13.0. The number of para-hydroxylation sites is 4. The van der Waals surface area contributed by atoms with Crippen LogP contribution in [0, 0.1) is 34.6 Å². The van der Waals surface area contributed by atoms with Gasteiger partial charge in [-0.05, 0) is 123 Å². The van der Waals surface area contributed by atoms with Crippen molar-refractivity contribution in [1.82, 2.24) is 0 Å². The Bertz CT molecular complexity index is 1900. The molecule has 0 amide bonds. The Hall–Kier alpha value is -5.86. The lowest BCUT2D eigenvalue weighted by Crippen LogP contribution is -2.12. The average Bonchev–Trinajstić information content (AvgIpc) is 3.14. The summed E-state index contributed by atoms with van der Waals surface area (Å²) in [7, 11) is 0. The van der Waals surface area contributed by atoms with Crippen LogP contribution in [0.15, 0.2) is 176 Å².